The largest absolute Gasteiger partial charge is 0.352 e. The minimum Gasteiger partial charge on any atom is -0.352 e. The van der Waals surface area contributed by atoms with E-state index in [1.54, 1.807) is 12.1 Å². The van der Waals surface area contributed by atoms with E-state index in [0.717, 1.165) is 22.5 Å². The second kappa shape index (κ2) is 8.47. The molecule has 0 radical (unpaired) electrons. The molecule has 0 atom stereocenters. The standard InChI is InChI=1S/C21H22N4O3/c1-15-20(16(2)24(23-15)14-18-6-4-3-5-7-18)13-22-21(26)12-17-8-10-19(11-9-17)25(27)28/h3-11H,12-14H2,1-2H3,(H,22,26). The van der Waals surface area contributed by atoms with Gasteiger partial charge in [0.25, 0.3) is 5.69 Å². The summed E-state index contributed by atoms with van der Waals surface area (Å²) in [4.78, 5) is 22.5. The van der Waals surface area contributed by atoms with Crippen molar-refractivity contribution in [3.8, 4) is 0 Å². The maximum atomic E-state index is 12.3. The molecular formula is C21H22N4O3. The Bertz CT molecular complexity index is 979. The molecule has 1 N–H and O–H groups in total. The third-order valence-electron chi connectivity index (χ3n) is 4.68. The summed E-state index contributed by atoms with van der Waals surface area (Å²) in [5.74, 6) is -0.136. The van der Waals surface area contributed by atoms with Crippen LogP contribution in [0.3, 0.4) is 0 Å². The molecule has 7 heteroatoms. The van der Waals surface area contributed by atoms with Gasteiger partial charge in [-0.15, -0.1) is 0 Å². The quantitative estimate of drug-likeness (QED) is 0.504. The van der Waals surface area contributed by atoms with Crippen molar-refractivity contribution in [2.45, 2.75) is 33.4 Å². The molecule has 1 heterocycles. The summed E-state index contributed by atoms with van der Waals surface area (Å²) < 4.78 is 1.95. The molecule has 1 aromatic heterocycles. The number of hydrogen-bond donors (Lipinski definition) is 1. The fraction of sp³-hybridized carbons (Fsp3) is 0.238. The van der Waals surface area contributed by atoms with Gasteiger partial charge in [0.1, 0.15) is 0 Å². The Morgan fingerprint density at radius 3 is 2.39 bits per heavy atom. The number of aryl methyl sites for hydroxylation is 1. The third kappa shape index (κ3) is 4.62. The number of aromatic nitrogens is 2. The van der Waals surface area contributed by atoms with Crippen LogP contribution in [0.5, 0.6) is 0 Å². The normalized spacial score (nSPS) is 10.6. The highest BCUT2D eigenvalue weighted by Gasteiger charge is 2.13. The molecule has 2 aromatic carbocycles. The predicted octanol–water partition coefficient (Wildman–Crippen LogP) is 3.32. The van der Waals surface area contributed by atoms with E-state index in [9.17, 15) is 14.9 Å². The minimum absolute atomic E-state index is 0.0150. The SMILES string of the molecule is Cc1nn(Cc2ccccc2)c(C)c1CNC(=O)Cc1ccc([N+](=O)[O-])cc1. The summed E-state index contributed by atoms with van der Waals surface area (Å²) in [6, 6.07) is 16.1. The van der Waals surface area contributed by atoms with Crippen LogP contribution >= 0.6 is 0 Å². The number of rotatable bonds is 7. The van der Waals surface area contributed by atoms with Crippen LogP contribution in [0.15, 0.2) is 54.6 Å². The molecule has 0 saturated heterocycles. The summed E-state index contributed by atoms with van der Waals surface area (Å²) >= 11 is 0. The number of nitrogens with zero attached hydrogens (tertiary/aromatic N) is 3. The van der Waals surface area contributed by atoms with Gasteiger partial charge < -0.3 is 5.32 Å². The van der Waals surface area contributed by atoms with E-state index in [2.05, 4.69) is 22.5 Å². The molecule has 7 nitrogen and oxygen atoms in total. The Hall–Kier alpha value is -3.48. The monoisotopic (exact) mass is 378 g/mol. The summed E-state index contributed by atoms with van der Waals surface area (Å²) in [7, 11) is 0. The van der Waals surface area contributed by atoms with Crippen LogP contribution in [-0.2, 0) is 24.3 Å². The molecule has 0 bridgehead atoms. The van der Waals surface area contributed by atoms with Gasteiger partial charge in [-0.3, -0.25) is 19.6 Å². The number of nitro groups is 1. The number of hydrogen-bond acceptors (Lipinski definition) is 4. The number of carbonyl (C=O) groups is 1. The highest BCUT2D eigenvalue weighted by molar-refractivity contribution is 5.78. The summed E-state index contributed by atoms with van der Waals surface area (Å²) in [6.45, 7) is 5.02. The highest BCUT2D eigenvalue weighted by atomic mass is 16.6. The van der Waals surface area contributed by atoms with Crippen molar-refractivity contribution in [1.82, 2.24) is 15.1 Å². The van der Waals surface area contributed by atoms with Gasteiger partial charge in [-0.05, 0) is 25.0 Å². The lowest BCUT2D eigenvalue weighted by Gasteiger charge is -2.08. The van der Waals surface area contributed by atoms with Crippen LogP contribution in [0.2, 0.25) is 0 Å². The first kappa shape index (κ1) is 19.3. The summed E-state index contributed by atoms with van der Waals surface area (Å²) in [5, 5.41) is 18.2. The van der Waals surface area contributed by atoms with Crippen molar-refractivity contribution in [3.05, 3.63) is 92.8 Å². The maximum Gasteiger partial charge on any atom is 0.269 e. The van der Waals surface area contributed by atoms with Gasteiger partial charge in [0.2, 0.25) is 5.91 Å². The van der Waals surface area contributed by atoms with E-state index in [1.807, 2.05) is 36.7 Å². The van der Waals surface area contributed by atoms with E-state index < -0.39 is 4.92 Å². The zero-order valence-corrected chi connectivity index (χ0v) is 15.9. The molecule has 0 aliphatic rings. The molecule has 144 valence electrons. The van der Waals surface area contributed by atoms with Crippen LogP contribution in [-0.4, -0.2) is 20.6 Å². The molecule has 0 aliphatic heterocycles. The molecule has 0 fully saturated rings. The second-order valence-corrected chi connectivity index (χ2v) is 6.67. The Morgan fingerprint density at radius 1 is 1.07 bits per heavy atom. The number of amides is 1. The smallest absolute Gasteiger partial charge is 0.269 e. The lowest BCUT2D eigenvalue weighted by molar-refractivity contribution is -0.384. The van der Waals surface area contributed by atoms with E-state index in [1.165, 1.54) is 17.7 Å². The first-order valence-corrected chi connectivity index (χ1v) is 9.01. The van der Waals surface area contributed by atoms with Crippen LogP contribution < -0.4 is 5.32 Å². The molecule has 0 aliphatic carbocycles. The Labute approximate surface area is 163 Å². The predicted molar refractivity (Wildman–Crippen MR) is 106 cm³/mol. The van der Waals surface area contributed by atoms with Crippen LogP contribution in [0.25, 0.3) is 0 Å². The fourth-order valence-electron chi connectivity index (χ4n) is 3.07. The molecule has 1 amide bonds. The van der Waals surface area contributed by atoms with Crippen molar-refractivity contribution >= 4 is 11.6 Å². The van der Waals surface area contributed by atoms with Crippen molar-refractivity contribution in [1.29, 1.82) is 0 Å². The summed E-state index contributed by atoms with van der Waals surface area (Å²) in [5.41, 5.74) is 4.84. The van der Waals surface area contributed by atoms with Crippen LogP contribution in [0.1, 0.15) is 28.1 Å². The summed E-state index contributed by atoms with van der Waals surface area (Å²) in [6.07, 6.45) is 0.175. The van der Waals surface area contributed by atoms with E-state index in [-0.39, 0.29) is 18.0 Å². The van der Waals surface area contributed by atoms with E-state index in [4.69, 9.17) is 0 Å². The lowest BCUT2D eigenvalue weighted by Crippen LogP contribution is -2.25. The molecule has 0 unspecified atom stereocenters. The van der Waals surface area contributed by atoms with Gasteiger partial charge in [-0.2, -0.15) is 5.10 Å². The van der Waals surface area contributed by atoms with E-state index in [0.29, 0.717) is 13.1 Å². The average Bonchev–Trinajstić information content (AvgIpc) is 2.94. The number of benzene rings is 2. The van der Waals surface area contributed by atoms with Gasteiger partial charge in [-0.1, -0.05) is 42.5 Å². The van der Waals surface area contributed by atoms with Crippen LogP contribution in [0.4, 0.5) is 5.69 Å². The fourth-order valence-corrected chi connectivity index (χ4v) is 3.07. The number of nitrogens with one attached hydrogen (secondary N) is 1. The number of carbonyl (C=O) groups excluding carboxylic acids is 1. The molecule has 3 aromatic rings. The first-order chi connectivity index (χ1) is 13.4. The van der Waals surface area contributed by atoms with E-state index >= 15 is 0 Å². The van der Waals surface area contributed by atoms with Crippen LogP contribution in [0, 0.1) is 24.0 Å². The average molecular weight is 378 g/mol. The molecule has 3 rings (SSSR count). The zero-order chi connectivity index (χ0) is 20.1. The van der Waals surface area contributed by atoms with Gasteiger partial charge in [-0.25, -0.2) is 0 Å². The Kier molecular flexibility index (Phi) is 5.84. The van der Waals surface area contributed by atoms with Crippen molar-refractivity contribution in [3.63, 3.8) is 0 Å². The van der Waals surface area contributed by atoms with Gasteiger partial charge >= 0.3 is 0 Å². The second-order valence-electron chi connectivity index (χ2n) is 6.67. The topological polar surface area (TPSA) is 90.1 Å². The van der Waals surface area contributed by atoms with Gasteiger partial charge in [0.15, 0.2) is 0 Å². The first-order valence-electron chi connectivity index (χ1n) is 9.01. The molecule has 0 saturated carbocycles. The number of non-ortho nitro benzene ring substituents is 1. The van der Waals surface area contributed by atoms with Gasteiger partial charge in [0, 0.05) is 29.9 Å². The Balaban J connectivity index is 1.61. The lowest BCUT2D eigenvalue weighted by atomic mass is 10.1. The maximum absolute atomic E-state index is 12.3. The third-order valence-corrected chi connectivity index (χ3v) is 4.68. The minimum atomic E-state index is -0.456. The molecule has 0 spiro atoms. The highest BCUT2D eigenvalue weighted by Crippen LogP contribution is 2.15. The zero-order valence-electron chi connectivity index (χ0n) is 15.9. The number of nitro benzene ring substituents is 1. The molecule has 28 heavy (non-hydrogen) atoms. The van der Waals surface area contributed by atoms with Crippen molar-refractivity contribution in [2.24, 2.45) is 0 Å². The van der Waals surface area contributed by atoms with Crippen molar-refractivity contribution in [2.75, 3.05) is 0 Å². The Morgan fingerprint density at radius 2 is 1.75 bits per heavy atom. The molecular weight excluding hydrogens is 356 g/mol. The van der Waals surface area contributed by atoms with Gasteiger partial charge in [0.05, 0.1) is 23.6 Å². The van der Waals surface area contributed by atoms with Crippen molar-refractivity contribution < 1.29 is 9.72 Å².